The van der Waals surface area contributed by atoms with Crippen LogP contribution in [0.2, 0.25) is 0 Å². The minimum Gasteiger partial charge on any atom is -0.300 e. The quantitative estimate of drug-likeness (QED) is 0.679. The fourth-order valence-corrected chi connectivity index (χ4v) is 2.55. The van der Waals surface area contributed by atoms with E-state index in [2.05, 4.69) is 41.6 Å². The van der Waals surface area contributed by atoms with E-state index in [9.17, 15) is 0 Å². The first-order valence-electron chi connectivity index (χ1n) is 4.97. The molecule has 0 saturated carbocycles. The average molecular weight is 234 g/mol. The molecular weight excluding hydrogens is 214 g/mol. The Bertz CT molecular complexity index is 136. The number of rotatable bonds is 3. The van der Waals surface area contributed by atoms with E-state index in [0.717, 1.165) is 16.8 Å². The fourth-order valence-electron chi connectivity index (χ4n) is 1.97. The van der Waals surface area contributed by atoms with E-state index in [4.69, 9.17) is 0 Å². The van der Waals surface area contributed by atoms with Gasteiger partial charge in [-0.15, -0.1) is 0 Å². The SMILES string of the molecule is CC(C)CC(C)N1CCC(Br)C1. The zero-order chi connectivity index (χ0) is 9.14. The summed E-state index contributed by atoms with van der Waals surface area (Å²) in [5, 5.41) is 0. The van der Waals surface area contributed by atoms with E-state index >= 15 is 0 Å². The predicted octanol–water partition coefficient (Wildman–Crippen LogP) is 2.89. The lowest BCUT2D eigenvalue weighted by molar-refractivity contribution is 0.229. The second-order valence-electron chi connectivity index (χ2n) is 4.36. The van der Waals surface area contributed by atoms with Gasteiger partial charge in [0.05, 0.1) is 0 Å². The summed E-state index contributed by atoms with van der Waals surface area (Å²) in [5.41, 5.74) is 0. The van der Waals surface area contributed by atoms with E-state index in [1.807, 2.05) is 0 Å². The molecule has 1 fully saturated rings. The van der Waals surface area contributed by atoms with Gasteiger partial charge in [-0.2, -0.15) is 0 Å². The lowest BCUT2D eigenvalue weighted by atomic mass is 10.0. The lowest BCUT2D eigenvalue weighted by Crippen LogP contribution is -2.32. The molecule has 2 unspecified atom stereocenters. The van der Waals surface area contributed by atoms with Gasteiger partial charge in [-0.25, -0.2) is 0 Å². The van der Waals surface area contributed by atoms with Crippen LogP contribution in [0.25, 0.3) is 0 Å². The van der Waals surface area contributed by atoms with Gasteiger partial charge >= 0.3 is 0 Å². The van der Waals surface area contributed by atoms with Gasteiger partial charge < -0.3 is 0 Å². The second-order valence-corrected chi connectivity index (χ2v) is 5.65. The van der Waals surface area contributed by atoms with Crippen LogP contribution in [-0.2, 0) is 0 Å². The Hall–Kier alpha value is 0.440. The molecule has 0 aromatic rings. The van der Waals surface area contributed by atoms with Crippen molar-refractivity contribution in [2.45, 2.75) is 44.5 Å². The maximum Gasteiger partial charge on any atom is 0.0285 e. The normalized spacial score (nSPS) is 28.2. The van der Waals surface area contributed by atoms with Crippen LogP contribution >= 0.6 is 15.9 Å². The lowest BCUT2D eigenvalue weighted by Gasteiger charge is -2.25. The maximum absolute atomic E-state index is 3.67. The molecule has 1 nitrogen and oxygen atoms in total. The van der Waals surface area contributed by atoms with Crippen molar-refractivity contribution in [3.63, 3.8) is 0 Å². The third-order valence-corrected chi connectivity index (χ3v) is 3.35. The first-order valence-corrected chi connectivity index (χ1v) is 5.89. The van der Waals surface area contributed by atoms with Gasteiger partial charge in [-0.1, -0.05) is 29.8 Å². The first kappa shape index (κ1) is 10.5. The number of likely N-dealkylation sites (tertiary alicyclic amines) is 1. The van der Waals surface area contributed by atoms with Crippen molar-refractivity contribution in [2.75, 3.05) is 13.1 Å². The van der Waals surface area contributed by atoms with E-state index < -0.39 is 0 Å². The van der Waals surface area contributed by atoms with E-state index in [-0.39, 0.29) is 0 Å². The maximum atomic E-state index is 3.67. The Morgan fingerprint density at radius 3 is 2.50 bits per heavy atom. The van der Waals surface area contributed by atoms with Crippen LogP contribution in [0, 0.1) is 5.92 Å². The zero-order valence-corrected chi connectivity index (χ0v) is 9.97. The molecule has 2 atom stereocenters. The van der Waals surface area contributed by atoms with Crippen LogP contribution in [0.5, 0.6) is 0 Å². The summed E-state index contributed by atoms with van der Waals surface area (Å²) < 4.78 is 0. The van der Waals surface area contributed by atoms with Crippen molar-refractivity contribution in [3.8, 4) is 0 Å². The number of hydrogen-bond donors (Lipinski definition) is 0. The van der Waals surface area contributed by atoms with Gasteiger partial charge in [-0.3, -0.25) is 4.90 Å². The van der Waals surface area contributed by atoms with E-state index in [0.29, 0.717) is 0 Å². The smallest absolute Gasteiger partial charge is 0.0285 e. The molecule has 1 heterocycles. The molecule has 0 N–H and O–H groups in total. The highest BCUT2D eigenvalue weighted by atomic mass is 79.9. The summed E-state index contributed by atoms with van der Waals surface area (Å²) in [6.07, 6.45) is 2.65. The second kappa shape index (κ2) is 4.61. The topological polar surface area (TPSA) is 3.24 Å². The van der Waals surface area contributed by atoms with Gasteiger partial charge in [0.15, 0.2) is 0 Å². The monoisotopic (exact) mass is 233 g/mol. The molecule has 0 radical (unpaired) electrons. The summed E-state index contributed by atoms with van der Waals surface area (Å²) in [5.74, 6) is 0.828. The van der Waals surface area contributed by atoms with Crippen molar-refractivity contribution in [2.24, 2.45) is 5.92 Å². The van der Waals surface area contributed by atoms with Crippen molar-refractivity contribution < 1.29 is 0 Å². The standard InChI is InChI=1S/C10H20BrN/c1-8(2)6-9(3)12-5-4-10(11)7-12/h8-10H,4-7H2,1-3H3. The molecule has 1 aliphatic rings. The zero-order valence-electron chi connectivity index (χ0n) is 8.39. The molecule has 2 heteroatoms. The van der Waals surface area contributed by atoms with Crippen LogP contribution in [-0.4, -0.2) is 28.9 Å². The van der Waals surface area contributed by atoms with Crippen molar-refractivity contribution >= 4 is 15.9 Å². The largest absolute Gasteiger partial charge is 0.300 e. The van der Waals surface area contributed by atoms with Crippen LogP contribution in [0.1, 0.15) is 33.6 Å². The summed E-state index contributed by atoms with van der Waals surface area (Å²) >= 11 is 3.67. The summed E-state index contributed by atoms with van der Waals surface area (Å²) in [6, 6.07) is 0.771. The molecule has 12 heavy (non-hydrogen) atoms. The molecule has 1 rings (SSSR count). The molecule has 0 aromatic carbocycles. The van der Waals surface area contributed by atoms with E-state index in [1.165, 1.54) is 25.9 Å². The van der Waals surface area contributed by atoms with Crippen LogP contribution in [0.3, 0.4) is 0 Å². The van der Waals surface area contributed by atoms with Crippen LogP contribution in [0.15, 0.2) is 0 Å². The highest BCUT2D eigenvalue weighted by molar-refractivity contribution is 9.09. The van der Waals surface area contributed by atoms with Crippen molar-refractivity contribution in [3.05, 3.63) is 0 Å². The number of alkyl halides is 1. The Kier molecular flexibility index (Phi) is 4.04. The van der Waals surface area contributed by atoms with Gasteiger partial charge in [0.2, 0.25) is 0 Å². The number of nitrogens with zero attached hydrogens (tertiary/aromatic N) is 1. The van der Waals surface area contributed by atoms with Gasteiger partial charge in [-0.05, 0) is 32.2 Å². The molecule has 0 aromatic heterocycles. The molecule has 0 aliphatic carbocycles. The highest BCUT2D eigenvalue weighted by Crippen LogP contribution is 2.21. The van der Waals surface area contributed by atoms with Gasteiger partial charge in [0.1, 0.15) is 0 Å². The Labute approximate surface area is 84.6 Å². The third-order valence-electron chi connectivity index (χ3n) is 2.60. The summed E-state index contributed by atoms with van der Waals surface area (Å²) in [4.78, 5) is 3.34. The molecule has 0 spiro atoms. The molecule has 1 aliphatic heterocycles. The molecular formula is C10H20BrN. The minimum atomic E-state index is 0.743. The number of hydrogen-bond acceptors (Lipinski definition) is 1. The van der Waals surface area contributed by atoms with Crippen LogP contribution in [0.4, 0.5) is 0 Å². The average Bonchev–Trinajstić information content (AvgIpc) is 2.34. The summed E-state index contributed by atoms with van der Waals surface area (Å²) in [7, 11) is 0. The van der Waals surface area contributed by atoms with Crippen molar-refractivity contribution in [1.82, 2.24) is 4.90 Å². The van der Waals surface area contributed by atoms with Gasteiger partial charge in [0.25, 0.3) is 0 Å². The minimum absolute atomic E-state index is 0.743. The molecule has 0 amide bonds. The van der Waals surface area contributed by atoms with Crippen LogP contribution < -0.4 is 0 Å². The molecule has 72 valence electrons. The molecule has 1 saturated heterocycles. The molecule has 0 bridgehead atoms. The van der Waals surface area contributed by atoms with E-state index in [1.54, 1.807) is 0 Å². The highest BCUT2D eigenvalue weighted by Gasteiger charge is 2.24. The Morgan fingerprint density at radius 2 is 2.08 bits per heavy atom. The Balaban J connectivity index is 2.28. The predicted molar refractivity (Wildman–Crippen MR) is 57.8 cm³/mol. The Morgan fingerprint density at radius 1 is 1.42 bits per heavy atom. The summed E-state index contributed by atoms with van der Waals surface area (Å²) in [6.45, 7) is 9.49. The fraction of sp³-hybridized carbons (Fsp3) is 1.00. The first-order chi connectivity index (χ1) is 5.59. The number of halogens is 1. The van der Waals surface area contributed by atoms with Gasteiger partial charge in [0, 0.05) is 17.4 Å². The third kappa shape index (κ3) is 3.06. The van der Waals surface area contributed by atoms with Crippen molar-refractivity contribution in [1.29, 1.82) is 0 Å².